The summed E-state index contributed by atoms with van der Waals surface area (Å²) in [6.07, 6.45) is 4.43. The maximum Gasteiger partial charge on any atom is 0.163 e. The summed E-state index contributed by atoms with van der Waals surface area (Å²) in [5, 5.41) is 4.37. The van der Waals surface area contributed by atoms with Gasteiger partial charge in [-0.2, -0.15) is 0 Å². The van der Waals surface area contributed by atoms with Crippen LogP contribution in [0.3, 0.4) is 0 Å². The van der Waals surface area contributed by atoms with Gasteiger partial charge in [0, 0.05) is 28.9 Å². The van der Waals surface area contributed by atoms with Gasteiger partial charge >= 0.3 is 0 Å². The van der Waals surface area contributed by atoms with Crippen molar-refractivity contribution in [2.24, 2.45) is 0 Å². The minimum absolute atomic E-state index is 0.579. The molecule has 0 bridgehead atoms. The van der Waals surface area contributed by atoms with E-state index in [1.165, 1.54) is 18.4 Å². The van der Waals surface area contributed by atoms with Crippen LogP contribution in [0.15, 0.2) is 18.2 Å². The highest BCUT2D eigenvalue weighted by Gasteiger charge is 2.18. The summed E-state index contributed by atoms with van der Waals surface area (Å²) < 4.78 is 0. The summed E-state index contributed by atoms with van der Waals surface area (Å²) >= 11 is 12.2. The Labute approximate surface area is 128 Å². The van der Waals surface area contributed by atoms with Gasteiger partial charge in [-0.25, -0.2) is 9.97 Å². The predicted octanol–water partition coefficient (Wildman–Crippen LogP) is 4.37. The minimum Gasteiger partial charge on any atom is -0.373 e. The zero-order valence-corrected chi connectivity index (χ0v) is 12.7. The Morgan fingerprint density at radius 1 is 1.10 bits per heavy atom. The van der Waals surface area contributed by atoms with Gasteiger partial charge in [0.15, 0.2) is 5.82 Å². The van der Waals surface area contributed by atoms with Crippen molar-refractivity contribution in [1.29, 1.82) is 0 Å². The van der Waals surface area contributed by atoms with Crippen LogP contribution in [0.5, 0.6) is 0 Å². The van der Waals surface area contributed by atoms with E-state index in [9.17, 15) is 0 Å². The monoisotopic (exact) mass is 307 g/mol. The number of nitrogens with zero attached hydrogens (tertiary/aromatic N) is 2. The van der Waals surface area contributed by atoms with Gasteiger partial charge in [-0.05, 0) is 43.9 Å². The molecule has 0 radical (unpaired) electrons. The second kappa shape index (κ2) is 5.58. The smallest absolute Gasteiger partial charge is 0.163 e. The van der Waals surface area contributed by atoms with Crippen LogP contribution in [0.1, 0.15) is 24.1 Å². The molecule has 5 heteroatoms. The van der Waals surface area contributed by atoms with E-state index in [1.54, 1.807) is 6.07 Å². The number of aryl methyl sites for hydroxylation is 1. The molecule has 20 heavy (non-hydrogen) atoms. The van der Waals surface area contributed by atoms with Gasteiger partial charge in [0.1, 0.15) is 5.82 Å². The van der Waals surface area contributed by atoms with Crippen LogP contribution in [0.4, 0.5) is 5.82 Å². The third-order valence-corrected chi connectivity index (χ3v) is 4.14. The van der Waals surface area contributed by atoms with Crippen molar-refractivity contribution >= 4 is 29.0 Å². The second-order valence-electron chi connectivity index (χ2n) is 4.90. The number of rotatable bonds is 2. The average Bonchev–Trinajstić information content (AvgIpc) is 2.46. The lowest BCUT2D eigenvalue weighted by Gasteiger charge is -2.19. The highest BCUT2D eigenvalue weighted by Crippen LogP contribution is 2.32. The lowest BCUT2D eigenvalue weighted by atomic mass is 9.96. The van der Waals surface area contributed by atoms with Crippen molar-refractivity contribution in [2.45, 2.75) is 25.7 Å². The number of nitrogens with one attached hydrogen (secondary N) is 1. The summed E-state index contributed by atoms with van der Waals surface area (Å²) in [7, 11) is 1.89. The molecule has 1 aromatic heterocycles. The Balaban J connectivity index is 2.14. The van der Waals surface area contributed by atoms with Crippen LogP contribution in [0.25, 0.3) is 11.4 Å². The Bertz CT molecular complexity index is 639. The zero-order chi connectivity index (χ0) is 14.1. The lowest BCUT2D eigenvalue weighted by molar-refractivity contribution is 0.665. The largest absolute Gasteiger partial charge is 0.373 e. The molecule has 0 unspecified atom stereocenters. The second-order valence-corrected chi connectivity index (χ2v) is 5.75. The maximum atomic E-state index is 6.26. The first-order valence-electron chi connectivity index (χ1n) is 6.72. The van der Waals surface area contributed by atoms with Crippen LogP contribution in [-0.4, -0.2) is 17.0 Å². The van der Waals surface area contributed by atoms with Crippen molar-refractivity contribution in [3.8, 4) is 11.4 Å². The van der Waals surface area contributed by atoms with Crippen LogP contribution < -0.4 is 5.32 Å². The van der Waals surface area contributed by atoms with Gasteiger partial charge in [0.2, 0.25) is 0 Å². The molecular weight excluding hydrogens is 293 g/mol. The number of hydrogen-bond donors (Lipinski definition) is 1. The molecule has 1 N–H and O–H groups in total. The molecule has 0 saturated carbocycles. The zero-order valence-electron chi connectivity index (χ0n) is 11.2. The first kappa shape index (κ1) is 13.7. The van der Waals surface area contributed by atoms with E-state index < -0.39 is 0 Å². The molecule has 1 aliphatic carbocycles. The number of hydrogen-bond acceptors (Lipinski definition) is 3. The highest BCUT2D eigenvalue weighted by atomic mass is 35.5. The normalized spacial score (nSPS) is 13.9. The van der Waals surface area contributed by atoms with E-state index in [4.69, 9.17) is 28.2 Å². The topological polar surface area (TPSA) is 37.8 Å². The number of aromatic nitrogens is 2. The molecule has 104 valence electrons. The molecular formula is C15H15Cl2N3. The fraction of sp³-hybridized carbons (Fsp3) is 0.333. The Morgan fingerprint density at radius 2 is 1.90 bits per heavy atom. The van der Waals surface area contributed by atoms with Crippen LogP contribution in [-0.2, 0) is 12.8 Å². The minimum atomic E-state index is 0.579. The van der Waals surface area contributed by atoms with Gasteiger partial charge in [-0.3, -0.25) is 0 Å². The van der Waals surface area contributed by atoms with Crippen molar-refractivity contribution in [3.05, 3.63) is 39.5 Å². The number of benzene rings is 1. The fourth-order valence-corrected chi connectivity index (χ4v) is 3.09. The molecule has 0 spiro atoms. The third kappa shape index (κ3) is 2.48. The van der Waals surface area contributed by atoms with E-state index in [-0.39, 0.29) is 0 Å². The molecule has 1 aromatic carbocycles. The molecule has 3 rings (SSSR count). The molecule has 2 aromatic rings. The number of anilines is 1. The Morgan fingerprint density at radius 3 is 2.65 bits per heavy atom. The first-order valence-corrected chi connectivity index (χ1v) is 7.47. The first-order chi connectivity index (χ1) is 9.69. The predicted molar refractivity (Wildman–Crippen MR) is 83.7 cm³/mol. The van der Waals surface area contributed by atoms with Crippen LogP contribution in [0, 0.1) is 0 Å². The van der Waals surface area contributed by atoms with Gasteiger partial charge < -0.3 is 5.32 Å². The Hall–Kier alpha value is -1.32. The summed E-state index contributed by atoms with van der Waals surface area (Å²) in [6, 6.07) is 5.40. The molecule has 0 saturated heterocycles. The van der Waals surface area contributed by atoms with E-state index >= 15 is 0 Å². The van der Waals surface area contributed by atoms with Crippen LogP contribution in [0.2, 0.25) is 10.0 Å². The van der Waals surface area contributed by atoms with Crippen molar-refractivity contribution in [1.82, 2.24) is 9.97 Å². The van der Waals surface area contributed by atoms with Gasteiger partial charge in [0.05, 0.1) is 5.02 Å². The molecule has 0 aliphatic heterocycles. The highest BCUT2D eigenvalue weighted by molar-refractivity contribution is 6.36. The number of fused-ring (bicyclic) bond motifs is 1. The summed E-state index contributed by atoms with van der Waals surface area (Å²) in [5.74, 6) is 1.58. The van der Waals surface area contributed by atoms with E-state index in [0.29, 0.717) is 15.9 Å². The fourth-order valence-electron chi connectivity index (χ4n) is 2.59. The molecule has 3 nitrogen and oxygen atoms in total. The van der Waals surface area contributed by atoms with Crippen LogP contribution >= 0.6 is 23.2 Å². The summed E-state index contributed by atoms with van der Waals surface area (Å²) in [4.78, 5) is 9.32. The molecule has 1 heterocycles. The van der Waals surface area contributed by atoms with E-state index in [1.807, 2.05) is 19.2 Å². The molecule has 0 amide bonds. The maximum absolute atomic E-state index is 6.26. The summed E-state index contributed by atoms with van der Waals surface area (Å²) in [6.45, 7) is 0. The van der Waals surface area contributed by atoms with Gasteiger partial charge in [-0.1, -0.05) is 23.2 Å². The standard InChI is InChI=1S/C15H15Cl2N3/c1-18-14-11-4-2-3-5-13(11)19-15(20-14)10-7-6-9(16)8-12(10)17/h6-8H,2-5H2,1H3,(H,18,19,20). The van der Waals surface area contributed by atoms with Gasteiger partial charge in [-0.15, -0.1) is 0 Å². The number of halogens is 2. The SMILES string of the molecule is CNc1nc(-c2ccc(Cl)cc2Cl)nc2c1CCCC2. The van der Waals surface area contributed by atoms with E-state index in [2.05, 4.69) is 10.3 Å². The van der Waals surface area contributed by atoms with Crippen molar-refractivity contribution < 1.29 is 0 Å². The molecule has 1 aliphatic rings. The van der Waals surface area contributed by atoms with Crippen molar-refractivity contribution in [2.75, 3.05) is 12.4 Å². The average molecular weight is 308 g/mol. The summed E-state index contributed by atoms with van der Waals surface area (Å²) in [5.41, 5.74) is 3.20. The lowest BCUT2D eigenvalue weighted by Crippen LogP contribution is -2.12. The van der Waals surface area contributed by atoms with E-state index in [0.717, 1.165) is 29.9 Å². The quantitative estimate of drug-likeness (QED) is 0.895. The molecule has 0 fully saturated rings. The van der Waals surface area contributed by atoms with Gasteiger partial charge in [0.25, 0.3) is 0 Å². The molecule has 0 atom stereocenters. The van der Waals surface area contributed by atoms with Crippen molar-refractivity contribution in [3.63, 3.8) is 0 Å². The Kier molecular flexibility index (Phi) is 3.81. The third-order valence-electron chi connectivity index (χ3n) is 3.59.